The van der Waals surface area contributed by atoms with Crippen molar-refractivity contribution >= 4 is 5.91 Å². The molecule has 5 nitrogen and oxygen atoms in total. The van der Waals surface area contributed by atoms with E-state index in [2.05, 4.69) is 17.2 Å². The van der Waals surface area contributed by atoms with E-state index in [-0.39, 0.29) is 16.9 Å². The molecule has 0 saturated heterocycles. The van der Waals surface area contributed by atoms with Crippen molar-refractivity contribution in [2.45, 2.75) is 19.8 Å². The van der Waals surface area contributed by atoms with E-state index in [9.17, 15) is 9.59 Å². The molecule has 1 aromatic rings. The second-order valence-electron chi connectivity index (χ2n) is 3.64. The average molecular weight is 238 g/mol. The molecule has 0 radical (unpaired) electrons. The van der Waals surface area contributed by atoms with Crippen LogP contribution in [0.1, 0.15) is 30.1 Å². The second-order valence-corrected chi connectivity index (χ2v) is 3.64. The number of nitrogens with one attached hydrogen (secondary N) is 2. The molecule has 0 atom stereocenters. The molecule has 0 bridgehead atoms. The number of unbranched alkanes of at least 4 members (excludes halogenated alkanes) is 1. The quantitative estimate of drug-likeness (QED) is 0.694. The summed E-state index contributed by atoms with van der Waals surface area (Å²) in [6, 6.07) is 1.33. The van der Waals surface area contributed by atoms with Crippen molar-refractivity contribution < 1.29 is 9.53 Å². The zero-order valence-corrected chi connectivity index (χ0v) is 9.99. The lowest BCUT2D eigenvalue weighted by Crippen LogP contribution is -2.31. The SMILES string of the molecule is CCCCOCCNC(=O)c1c[nH]ccc1=O. The van der Waals surface area contributed by atoms with Gasteiger partial charge in [-0.2, -0.15) is 0 Å². The summed E-state index contributed by atoms with van der Waals surface area (Å²) in [5.41, 5.74) is -0.158. The number of rotatable bonds is 7. The van der Waals surface area contributed by atoms with E-state index >= 15 is 0 Å². The standard InChI is InChI=1S/C12H18N2O3/c1-2-3-7-17-8-6-14-12(16)10-9-13-5-4-11(10)15/h4-5,9H,2-3,6-8H2,1H3,(H,13,15)(H,14,16). The lowest BCUT2D eigenvalue weighted by molar-refractivity contribution is 0.0911. The van der Waals surface area contributed by atoms with Crippen molar-refractivity contribution in [2.24, 2.45) is 0 Å². The number of carbonyl (C=O) groups excluding carboxylic acids is 1. The molecule has 0 saturated carbocycles. The van der Waals surface area contributed by atoms with Crippen LogP contribution >= 0.6 is 0 Å². The Morgan fingerprint density at radius 3 is 3.00 bits per heavy atom. The summed E-state index contributed by atoms with van der Waals surface area (Å²) >= 11 is 0. The number of ether oxygens (including phenoxy) is 1. The Bertz CT molecular complexity index is 401. The van der Waals surface area contributed by atoms with Crippen LogP contribution in [0.2, 0.25) is 0 Å². The number of hydrogen-bond acceptors (Lipinski definition) is 3. The van der Waals surface area contributed by atoms with Gasteiger partial charge in [0.15, 0.2) is 5.43 Å². The van der Waals surface area contributed by atoms with Gasteiger partial charge in [0.25, 0.3) is 5.91 Å². The number of aromatic nitrogens is 1. The van der Waals surface area contributed by atoms with Crippen molar-refractivity contribution in [3.63, 3.8) is 0 Å². The summed E-state index contributed by atoms with van der Waals surface area (Å²) < 4.78 is 5.29. The zero-order valence-electron chi connectivity index (χ0n) is 9.99. The van der Waals surface area contributed by atoms with E-state index in [1.54, 1.807) is 0 Å². The summed E-state index contributed by atoms with van der Waals surface area (Å²) in [6.07, 6.45) is 5.00. The fourth-order valence-corrected chi connectivity index (χ4v) is 1.27. The topological polar surface area (TPSA) is 71.2 Å². The van der Waals surface area contributed by atoms with Crippen LogP contribution in [-0.2, 0) is 4.74 Å². The van der Waals surface area contributed by atoms with Gasteiger partial charge in [-0.05, 0) is 6.42 Å². The van der Waals surface area contributed by atoms with Gasteiger partial charge in [-0.1, -0.05) is 13.3 Å². The van der Waals surface area contributed by atoms with Gasteiger partial charge in [0.1, 0.15) is 5.56 Å². The Kier molecular flexibility index (Phi) is 6.03. The van der Waals surface area contributed by atoms with Gasteiger partial charge in [0, 0.05) is 31.6 Å². The van der Waals surface area contributed by atoms with Crippen LogP contribution in [0.4, 0.5) is 0 Å². The summed E-state index contributed by atoms with van der Waals surface area (Å²) in [4.78, 5) is 25.6. The number of pyridine rings is 1. The van der Waals surface area contributed by atoms with Gasteiger partial charge in [0.2, 0.25) is 0 Å². The van der Waals surface area contributed by atoms with Gasteiger partial charge in [-0.3, -0.25) is 9.59 Å². The van der Waals surface area contributed by atoms with Gasteiger partial charge in [-0.15, -0.1) is 0 Å². The van der Waals surface area contributed by atoms with Crippen LogP contribution in [0.5, 0.6) is 0 Å². The largest absolute Gasteiger partial charge is 0.380 e. The summed E-state index contributed by atoms with van der Waals surface area (Å²) in [6.45, 7) is 3.68. The molecular weight excluding hydrogens is 220 g/mol. The van der Waals surface area contributed by atoms with Gasteiger partial charge in [-0.25, -0.2) is 0 Å². The van der Waals surface area contributed by atoms with Gasteiger partial charge < -0.3 is 15.0 Å². The van der Waals surface area contributed by atoms with E-state index in [4.69, 9.17) is 4.74 Å². The van der Waals surface area contributed by atoms with E-state index in [0.29, 0.717) is 19.8 Å². The number of aromatic amines is 1. The highest BCUT2D eigenvalue weighted by atomic mass is 16.5. The third-order valence-corrected chi connectivity index (χ3v) is 2.24. The van der Waals surface area contributed by atoms with Gasteiger partial charge >= 0.3 is 0 Å². The monoisotopic (exact) mass is 238 g/mol. The maximum absolute atomic E-state index is 11.6. The maximum Gasteiger partial charge on any atom is 0.256 e. The Labute approximate surface area is 100 Å². The fraction of sp³-hybridized carbons (Fsp3) is 0.500. The molecule has 94 valence electrons. The summed E-state index contributed by atoms with van der Waals surface area (Å²) in [5, 5.41) is 2.63. The van der Waals surface area contributed by atoms with Crippen LogP contribution in [0.25, 0.3) is 0 Å². The molecule has 0 aliphatic heterocycles. The minimum atomic E-state index is -0.369. The van der Waals surface area contributed by atoms with E-state index in [1.165, 1.54) is 18.5 Å². The predicted octanol–water partition coefficient (Wildman–Crippen LogP) is 0.921. The molecule has 0 fully saturated rings. The number of carbonyl (C=O) groups is 1. The molecule has 1 rings (SSSR count). The molecule has 0 aliphatic rings. The number of H-pyrrole nitrogens is 1. The average Bonchev–Trinajstić information content (AvgIpc) is 2.34. The van der Waals surface area contributed by atoms with Crippen LogP contribution in [0.3, 0.4) is 0 Å². The highest BCUT2D eigenvalue weighted by Gasteiger charge is 2.07. The van der Waals surface area contributed by atoms with Crippen LogP contribution < -0.4 is 10.7 Å². The molecule has 1 heterocycles. The Morgan fingerprint density at radius 2 is 2.29 bits per heavy atom. The molecule has 0 aromatic carbocycles. The normalized spacial score (nSPS) is 10.2. The lowest BCUT2D eigenvalue weighted by Gasteiger charge is -2.05. The van der Waals surface area contributed by atoms with Crippen molar-refractivity contribution in [3.8, 4) is 0 Å². The second kappa shape index (κ2) is 7.62. The van der Waals surface area contributed by atoms with E-state index in [0.717, 1.165) is 12.8 Å². The maximum atomic E-state index is 11.6. The first kappa shape index (κ1) is 13.4. The lowest BCUT2D eigenvalue weighted by atomic mass is 10.2. The molecule has 1 aromatic heterocycles. The van der Waals surface area contributed by atoms with E-state index < -0.39 is 0 Å². The number of amides is 1. The molecule has 1 amide bonds. The Balaban J connectivity index is 2.26. The van der Waals surface area contributed by atoms with E-state index in [1.807, 2.05) is 0 Å². The third-order valence-electron chi connectivity index (χ3n) is 2.24. The highest BCUT2D eigenvalue weighted by molar-refractivity contribution is 5.93. The van der Waals surface area contributed by atoms with Crippen molar-refractivity contribution in [3.05, 3.63) is 34.2 Å². The van der Waals surface area contributed by atoms with Crippen molar-refractivity contribution in [2.75, 3.05) is 19.8 Å². The van der Waals surface area contributed by atoms with Crippen LogP contribution in [0, 0.1) is 0 Å². The predicted molar refractivity (Wildman–Crippen MR) is 65.1 cm³/mol. The molecule has 0 unspecified atom stereocenters. The highest BCUT2D eigenvalue weighted by Crippen LogP contribution is 1.89. The molecule has 0 spiro atoms. The minimum Gasteiger partial charge on any atom is -0.380 e. The molecule has 2 N–H and O–H groups in total. The third kappa shape index (κ3) is 4.82. The summed E-state index contributed by atoms with van der Waals surface area (Å²) in [7, 11) is 0. The van der Waals surface area contributed by atoms with Crippen LogP contribution in [0.15, 0.2) is 23.3 Å². The Morgan fingerprint density at radius 1 is 1.47 bits per heavy atom. The van der Waals surface area contributed by atoms with Crippen molar-refractivity contribution in [1.82, 2.24) is 10.3 Å². The first-order valence-electron chi connectivity index (χ1n) is 5.78. The zero-order chi connectivity index (χ0) is 12.5. The first-order valence-corrected chi connectivity index (χ1v) is 5.78. The number of hydrogen-bond donors (Lipinski definition) is 2. The fourth-order valence-electron chi connectivity index (χ4n) is 1.27. The minimum absolute atomic E-state index is 0.126. The molecule has 17 heavy (non-hydrogen) atoms. The smallest absolute Gasteiger partial charge is 0.256 e. The van der Waals surface area contributed by atoms with Crippen molar-refractivity contribution in [1.29, 1.82) is 0 Å². The first-order chi connectivity index (χ1) is 8.25. The summed E-state index contributed by atoms with van der Waals surface area (Å²) in [5.74, 6) is -0.369. The van der Waals surface area contributed by atoms with Gasteiger partial charge in [0.05, 0.1) is 6.61 Å². The molecular formula is C12H18N2O3. The molecule has 0 aliphatic carbocycles. The molecule has 5 heteroatoms. The Hall–Kier alpha value is -1.62. The van der Waals surface area contributed by atoms with Crippen LogP contribution in [-0.4, -0.2) is 30.6 Å².